The molecule has 0 unspecified atom stereocenters. The number of methoxy groups -OCH3 is 1. The van der Waals surface area contributed by atoms with E-state index in [0.717, 1.165) is 11.2 Å². The lowest BCUT2D eigenvalue weighted by molar-refractivity contribution is 0.00578. The Bertz CT molecular complexity index is 1190. The molecule has 0 aliphatic carbocycles. The molecule has 0 saturated carbocycles. The normalized spacial score (nSPS) is 16.8. The molecule has 1 N–H and O–H groups in total. The maximum Gasteiger partial charge on any atom is 0.496 e. The Kier molecular flexibility index (Phi) is 5.66. The maximum absolute atomic E-state index is 13.0. The molecule has 1 amide bonds. The number of aromatic nitrogens is 1. The highest BCUT2D eigenvalue weighted by atomic mass is 16.7. The standard InChI is InChI=1S/C24H30BN3O5/c1-23(2)24(3,4)33-25(32-23)16-11-15-18(12-17(16)28(6)7)31-21(20(15)22(29)26-5)14-9-10-19(30-8)27-13-14/h9-13H,1-8H3,(H,26,29). The van der Waals surface area contributed by atoms with Crippen molar-refractivity contribution in [2.45, 2.75) is 38.9 Å². The number of ether oxygens (including phenoxy) is 1. The van der Waals surface area contributed by atoms with Gasteiger partial charge in [-0.15, -0.1) is 0 Å². The van der Waals surface area contributed by atoms with Crippen molar-refractivity contribution in [3.63, 3.8) is 0 Å². The first-order valence-electron chi connectivity index (χ1n) is 10.8. The highest BCUT2D eigenvalue weighted by molar-refractivity contribution is 6.64. The number of amides is 1. The van der Waals surface area contributed by atoms with Crippen LogP contribution in [0.4, 0.5) is 5.69 Å². The molecular weight excluding hydrogens is 421 g/mol. The number of benzene rings is 1. The van der Waals surface area contributed by atoms with Crippen LogP contribution in [-0.2, 0) is 9.31 Å². The van der Waals surface area contributed by atoms with Crippen LogP contribution >= 0.6 is 0 Å². The van der Waals surface area contributed by atoms with Gasteiger partial charge in [0, 0.05) is 61.6 Å². The lowest BCUT2D eigenvalue weighted by atomic mass is 9.76. The maximum atomic E-state index is 13.0. The second kappa shape index (κ2) is 8.07. The predicted molar refractivity (Wildman–Crippen MR) is 129 cm³/mol. The molecule has 3 heterocycles. The summed E-state index contributed by atoms with van der Waals surface area (Å²) >= 11 is 0. The van der Waals surface area contributed by atoms with Crippen LogP contribution in [0, 0.1) is 0 Å². The number of carbonyl (C=O) groups is 1. The molecule has 0 bridgehead atoms. The second-order valence-electron chi connectivity index (χ2n) is 9.36. The molecule has 1 saturated heterocycles. The van der Waals surface area contributed by atoms with Gasteiger partial charge < -0.3 is 28.7 Å². The number of hydrogen-bond acceptors (Lipinski definition) is 7. The fourth-order valence-corrected chi connectivity index (χ4v) is 3.88. The Morgan fingerprint density at radius 3 is 2.30 bits per heavy atom. The Morgan fingerprint density at radius 1 is 1.12 bits per heavy atom. The van der Waals surface area contributed by atoms with E-state index in [2.05, 4.69) is 10.3 Å². The third-order valence-electron chi connectivity index (χ3n) is 6.49. The first-order valence-corrected chi connectivity index (χ1v) is 10.8. The van der Waals surface area contributed by atoms with E-state index < -0.39 is 18.3 Å². The van der Waals surface area contributed by atoms with Crippen molar-refractivity contribution in [1.29, 1.82) is 0 Å². The number of fused-ring (bicyclic) bond motifs is 1. The largest absolute Gasteiger partial charge is 0.496 e. The van der Waals surface area contributed by atoms with Crippen LogP contribution in [0.25, 0.3) is 22.3 Å². The minimum atomic E-state index is -0.588. The number of hydrogen-bond donors (Lipinski definition) is 1. The van der Waals surface area contributed by atoms with Gasteiger partial charge in [0.1, 0.15) is 11.3 Å². The van der Waals surface area contributed by atoms with Crippen molar-refractivity contribution in [1.82, 2.24) is 10.3 Å². The zero-order chi connectivity index (χ0) is 24.1. The van der Waals surface area contributed by atoms with Gasteiger partial charge in [-0.3, -0.25) is 4.79 Å². The number of carbonyl (C=O) groups excluding carboxylic acids is 1. The number of nitrogens with zero attached hydrogens (tertiary/aromatic N) is 2. The number of pyridine rings is 1. The average Bonchev–Trinajstić information content (AvgIpc) is 3.25. The summed E-state index contributed by atoms with van der Waals surface area (Å²) in [6.07, 6.45) is 1.63. The lowest BCUT2D eigenvalue weighted by Gasteiger charge is -2.32. The van der Waals surface area contributed by atoms with E-state index in [1.807, 2.05) is 64.9 Å². The summed E-state index contributed by atoms with van der Waals surface area (Å²) in [5.41, 5.74) is 2.43. The first-order chi connectivity index (χ1) is 15.5. The fourth-order valence-electron chi connectivity index (χ4n) is 3.88. The molecule has 2 aromatic heterocycles. The second-order valence-corrected chi connectivity index (χ2v) is 9.36. The molecule has 3 aromatic rings. The monoisotopic (exact) mass is 451 g/mol. The van der Waals surface area contributed by atoms with Crippen molar-refractivity contribution in [3.05, 3.63) is 36.0 Å². The highest BCUT2D eigenvalue weighted by Gasteiger charge is 2.52. The molecule has 1 aliphatic rings. The molecule has 174 valence electrons. The van der Waals surface area contributed by atoms with E-state index in [0.29, 0.717) is 33.7 Å². The minimum Gasteiger partial charge on any atom is -0.481 e. The van der Waals surface area contributed by atoms with Crippen molar-refractivity contribution < 1.29 is 23.3 Å². The molecule has 1 aromatic carbocycles. The van der Waals surface area contributed by atoms with Crippen molar-refractivity contribution in [2.24, 2.45) is 0 Å². The van der Waals surface area contributed by atoms with Crippen LogP contribution in [0.15, 0.2) is 34.9 Å². The minimum absolute atomic E-state index is 0.253. The molecular formula is C24H30BN3O5. The summed E-state index contributed by atoms with van der Waals surface area (Å²) in [5.74, 6) is 0.668. The Hall–Kier alpha value is -3.04. The molecule has 33 heavy (non-hydrogen) atoms. The molecule has 1 aliphatic heterocycles. The molecule has 4 rings (SSSR count). The van der Waals surface area contributed by atoms with Crippen LogP contribution in [0.5, 0.6) is 5.88 Å². The van der Waals surface area contributed by atoms with Gasteiger partial charge in [-0.05, 0) is 39.8 Å². The lowest BCUT2D eigenvalue weighted by Crippen LogP contribution is -2.41. The van der Waals surface area contributed by atoms with Gasteiger partial charge in [0.15, 0.2) is 0 Å². The van der Waals surface area contributed by atoms with Gasteiger partial charge in [-0.2, -0.15) is 0 Å². The fraction of sp³-hybridized carbons (Fsp3) is 0.417. The van der Waals surface area contributed by atoms with Gasteiger partial charge >= 0.3 is 7.12 Å². The van der Waals surface area contributed by atoms with Gasteiger partial charge in [0.25, 0.3) is 5.91 Å². The van der Waals surface area contributed by atoms with E-state index in [1.165, 1.54) is 0 Å². The third kappa shape index (κ3) is 3.85. The summed E-state index contributed by atoms with van der Waals surface area (Å²) in [6, 6.07) is 7.40. The first kappa shape index (κ1) is 23.1. The average molecular weight is 451 g/mol. The molecule has 0 radical (unpaired) electrons. The van der Waals surface area contributed by atoms with Gasteiger partial charge in [0.2, 0.25) is 5.88 Å². The van der Waals surface area contributed by atoms with E-state index in [-0.39, 0.29) is 5.91 Å². The van der Waals surface area contributed by atoms with Crippen molar-refractivity contribution >= 4 is 35.1 Å². The summed E-state index contributed by atoms with van der Waals surface area (Å²) in [5, 5.41) is 3.40. The van der Waals surface area contributed by atoms with Crippen LogP contribution < -0.4 is 20.4 Å². The summed E-state index contributed by atoms with van der Waals surface area (Å²) < 4.78 is 24.0. The quantitative estimate of drug-likeness (QED) is 0.597. The van der Waals surface area contributed by atoms with Gasteiger partial charge in [-0.1, -0.05) is 0 Å². The molecule has 0 atom stereocenters. The Labute approximate surface area is 194 Å². The van der Waals surface area contributed by atoms with Crippen molar-refractivity contribution in [2.75, 3.05) is 33.2 Å². The number of rotatable bonds is 5. The summed E-state index contributed by atoms with van der Waals surface area (Å²) in [6.45, 7) is 8.07. The number of anilines is 1. The van der Waals surface area contributed by atoms with Crippen LogP contribution in [0.1, 0.15) is 38.1 Å². The topological polar surface area (TPSA) is 86.1 Å². The van der Waals surface area contributed by atoms with Gasteiger partial charge in [0.05, 0.1) is 23.9 Å². The molecule has 0 spiro atoms. The number of nitrogens with one attached hydrogen (secondary N) is 1. The van der Waals surface area contributed by atoms with Crippen LogP contribution in [0.2, 0.25) is 0 Å². The third-order valence-corrected chi connectivity index (χ3v) is 6.49. The molecule has 8 nitrogen and oxygen atoms in total. The zero-order valence-electron chi connectivity index (χ0n) is 20.4. The zero-order valence-corrected chi connectivity index (χ0v) is 20.4. The highest BCUT2D eigenvalue weighted by Crippen LogP contribution is 2.39. The van der Waals surface area contributed by atoms with E-state index in [4.69, 9.17) is 18.5 Å². The SMILES string of the molecule is CNC(=O)c1c(-c2ccc(OC)nc2)oc2cc(N(C)C)c(B3OC(C)(C)C(C)(C)O3)cc12. The smallest absolute Gasteiger partial charge is 0.481 e. The van der Waals surface area contributed by atoms with E-state index >= 15 is 0 Å². The van der Waals surface area contributed by atoms with E-state index in [9.17, 15) is 4.79 Å². The molecule has 1 fully saturated rings. The van der Waals surface area contributed by atoms with Crippen LogP contribution in [-0.4, -0.2) is 57.5 Å². The predicted octanol–water partition coefficient (Wildman–Crippen LogP) is 3.23. The van der Waals surface area contributed by atoms with Gasteiger partial charge in [-0.25, -0.2) is 4.98 Å². The summed E-state index contributed by atoms with van der Waals surface area (Å²) in [4.78, 5) is 19.2. The Morgan fingerprint density at radius 2 is 1.79 bits per heavy atom. The van der Waals surface area contributed by atoms with Crippen molar-refractivity contribution in [3.8, 4) is 17.2 Å². The number of furan rings is 1. The summed E-state index contributed by atoms with van der Waals surface area (Å²) in [7, 11) is 6.47. The Balaban J connectivity index is 1.94. The van der Waals surface area contributed by atoms with E-state index in [1.54, 1.807) is 26.4 Å². The molecule has 9 heteroatoms. The van der Waals surface area contributed by atoms with Crippen LogP contribution in [0.3, 0.4) is 0 Å².